The molecule has 1 saturated heterocycles. The van der Waals surface area contributed by atoms with Crippen molar-refractivity contribution in [3.05, 3.63) is 35.9 Å². The van der Waals surface area contributed by atoms with Crippen LogP contribution >= 0.6 is 0 Å². The number of rotatable bonds is 2. The lowest BCUT2D eigenvalue weighted by atomic mass is 9.85. The van der Waals surface area contributed by atoms with E-state index in [1.165, 1.54) is 0 Å². The zero-order valence-corrected chi connectivity index (χ0v) is 9.27. The number of amides is 4. The van der Waals surface area contributed by atoms with E-state index in [1.54, 1.807) is 6.92 Å². The summed E-state index contributed by atoms with van der Waals surface area (Å²) < 4.78 is 0. The molecule has 0 bridgehead atoms. The van der Waals surface area contributed by atoms with E-state index in [-0.39, 0.29) is 5.92 Å². The summed E-state index contributed by atoms with van der Waals surface area (Å²) >= 11 is 0. The number of urea groups is 1. The Bertz CT molecular complexity index is 450. The van der Waals surface area contributed by atoms with Gasteiger partial charge in [-0.2, -0.15) is 0 Å². The van der Waals surface area contributed by atoms with Crippen LogP contribution in [0.25, 0.3) is 0 Å². The second-order valence-corrected chi connectivity index (χ2v) is 3.98. The summed E-state index contributed by atoms with van der Waals surface area (Å²) in [4.78, 5) is 34.2. The van der Waals surface area contributed by atoms with Gasteiger partial charge in [-0.1, -0.05) is 37.3 Å². The second kappa shape index (κ2) is 4.37. The van der Waals surface area contributed by atoms with E-state index in [0.29, 0.717) is 0 Å². The van der Waals surface area contributed by atoms with Crippen LogP contribution in [0.2, 0.25) is 0 Å². The Balaban J connectivity index is 2.25. The molecule has 1 aliphatic rings. The average Bonchev–Trinajstić information content (AvgIpc) is 2.28. The number of nitrogens with one attached hydrogen (secondary N) is 2. The highest BCUT2D eigenvalue weighted by atomic mass is 16.2. The molecule has 1 atom stereocenters. The Morgan fingerprint density at radius 1 is 1.00 bits per heavy atom. The molecule has 1 aliphatic heterocycles. The average molecular weight is 232 g/mol. The molecular weight excluding hydrogens is 220 g/mol. The quantitative estimate of drug-likeness (QED) is 0.739. The van der Waals surface area contributed by atoms with Crippen LogP contribution < -0.4 is 10.6 Å². The van der Waals surface area contributed by atoms with E-state index >= 15 is 0 Å². The van der Waals surface area contributed by atoms with Crippen LogP contribution in [0.4, 0.5) is 4.79 Å². The summed E-state index contributed by atoms with van der Waals surface area (Å²) in [6, 6.07) is 8.49. The van der Waals surface area contributed by atoms with Gasteiger partial charge in [0.25, 0.3) is 0 Å². The number of carbonyl (C=O) groups excluding carboxylic acids is 3. The summed E-state index contributed by atoms with van der Waals surface area (Å²) in [5.74, 6) is -2.23. The van der Waals surface area contributed by atoms with Gasteiger partial charge in [-0.3, -0.25) is 20.2 Å². The molecule has 1 aromatic carbocycles. The van der Waals surface area contributed by atoms with Gasteiger partial charge in [-0.05, 0) is 5.56 Å². The maximum atomic E-state index is 11.6. The molecule has 5 nitrogen and oxygen atoms in total. The summed E-state index contributed by atoms with van der Waals surface area (Å²) in [7, 11) is 0. The highest BCUT2D eigenvalue weighted by molar-refractivity contribution is 6.16. The molecule has 4 amide bonds. The zero-order chi connectivity index (χ0) is 12.4. The van der Waals surface area contributed by atoms with Gasteiger partial charge in [-0.15, -0.1) is 0 Å². The van der Waals surface area contributed by atoms with Gasteiger partial charge >= 0.3 is 6.03 Å². The molecule has 0 aliphatic carbocycles. The van der Waals surface area contributed by atoms with E-state index in [4.69, 9.17) is 0 Å². The van der Waals surface area contributed by atoms with Gasteiger partial charge in [-0.25, -0.2) is 4.79 Å². The van der Waals surface area contributed by atoms with E-state index in [2.05, 4.69) is 10.6 Å². The summed E-state index contributed by atoms with van der Waals surface area (Å²) in [6.07, 6.45) is 0. The fraction of sp³-hybridized carbons (Fsp3) is 0.250. The fourth-order valence-electron chi connectivity index (χ4n) is 1.93. The number of hydrogen-bond acceptors (Lipinski definition) is 3. The first-order chi connectivity index (χ1) is 8.09. The molecular formula is C12H12N2O3. The maximum absolute atomic E-state index is 11.6. The van der Waals surface area contributed by atoms with Crippen molar-refractivity contribution >= 4 is 17.8 Å². The Morgan fingerprint density at radius 3 is 2.06 bits per heavy atom. The molecule has 17 heavy (non-hydrogen) atoms. The normalized spacial score (nSPS) is 18.5. The summed E-state index contributed by atoms with van der Waals surface area (Å²) in [6.45, 7) is 1.79. The van der Waals surface area contributed by atoms with Crippen LogP contribution in [-0.2, 0) is 9.59 Å². The van der Waals surface area contributed by atoms with Crippen molar-refractivity contribution in [1.29, 1.82) is 0 Å². The molecule has 0 aromatic heterocycles. The van der Waals surface area contributed by atoms with Crippen molar-refractivity contribution in [2.75, 3.05) is 0 Å². The van der Waals surface area contributed by atoms with E-state index in [0.717, 1.165) is 5.56 Å². The third kappa shape index (κ3) is 2.18. The van der Waals surface area contributed by atoms with E-state index < -0.39 is 23.8 Å². The van der Waals surface area contributed by atoms with Crippen molar-refractivity contribution in [2.45, 2.75) is 12.8 Å². The lowest BCUT2D eigenvalue weighted by Gasteiger charge is -2.25. The van der Waals surface area contributed by atoms with Gasteiger partial charge < -0.3 is 0 Å². The zero-order valence-electron chi connectivity index (χ0n) is 9.27. The van der Waals surface area contributed by atoms with Gasteiger partial charge in [0.2, 0.25) is 11.8 Å². The molecule has 2 rings (SSSR count). The third-order valence-corrected chi connectivity index (χ3v) is 2.86. The highest BCUT2D eigenvalue weighted by Gasteiger charge is 2.38. The second-order valence-electron chi connectivity index (χ2n) is 3.98. The summed E-state index contributed by atoms with van der Waals surface area (Å²) in [5.41, 5.74) is 0.886. The monoisotopic (exact) mass is 232 g/mol. The molecule has 1 heterocycles. The van der Waals surface area contributed by atoms with Crippen LogP contribution in [0.1, 0.15) is 18.4 Å². The SMILES string of the molecule is CC(c1ccccc1)C1C(=O)NC(=O)NC1=O. The molecule has 0 saturated carbocycles. The largest absolute Gasteiger partial charge is 0.328 e. The number of hydrogen-bond donors (Lipinski definition) is 2. The smallest absolute Gasteiger partial charge is 0.277 e. The predicted octanol–water partition coefficient (Wildman–Crippen LogP) is 0.772. The molecule has 1 unspecified atom stereocenters. The van der Waals surface area contributed by atoms with Crippen molar-refractivity contribution in [1.82, 2.24) is 10.6 Å². The molecule has 1 aromatic rings. The molecule has 0 spiro atoms. The Morgan fingerprint density at radius 2 is 1.53 bits per heavy atom. The van der Waals surface area contributed by atoms with Gasteiger partial charge in [0, 0.05) is 5.92 Å². The van der Waals surface area contributed by atoms with E-state index in [1.807, 2.05) is 30.3 Å². The molecule has 88 valence electrons. The minimum absolute atomic E-state index is 0.274. The van der Waals surface area contributed by atoms with Gasteiger partial charge in [0.15, 0.2) is 0 Å². The number of imide groups is 2. The van der Waals surface area contributed by atoms with Crippen LogP contribution in [0.15, 0.2) is 30.3 Å². The Kier molecular flexibility index (Phi) is 2.91. The van der Waals surface area contributed by atoms with Crippen LogP contribution in [0.5, 0.6) is 0 Å². The van der Waals surface area contributed by atoms with Crippen molar-refractivity contribution in [2.24, 2.45) is 5.92 Å². The number of barbiturate groups is 1. The lowest BCUT2D eigenvalue weighted by molar-refractivity contribution is -0.136. The third-order valence-electron chi connectivity index (χ3n) is 2.86. The minimum Gasteiger partial charge on any atom is -0.277 e. The molecule has 1 fully saturated rings. The summed E-state index contributed by atoms with van der Waals surface area (Å²) in [5, 5.41) is 4.20. The van der Waals surface area contributed by atoms with Crippen LogP contribution in [0, 0.1) is 5.92 Å². The minimum atomic E-state index is -0.866. The number of benzene rings is 1. The Hall–Kier alpha value is -2.17. The van der Waals surface area contributed by atoms with Crippen molar-refractivity contribution in [3.63, 3.8) is 0 Å². The van der Waals surface area contributed by atoms with E-state index in [9.17, 15) is 14.4 Å². The first-order valence-electron chi connectivity index (χ1n) is 5.30. The first kappa shape index (κ1) is 11.3. The topological polar surface area (TPSA) is 75.3 Å². The number of carbonyl (C=O) groups is 3. The Labute approximate surface area is 98.2 Å². The standard InChI is InChI=1S/C12H12N2O3/c1-7(8-5-3-2-4-6-8)9-10(15)13-12(17)14-11(9)16/h2-7,9H,1H3,(H2,13,14,15,16,17). The van der Waals surface area contributed by atoms with Gasteiger partial charge in [0.1, 0.15) is 5.92 Å². The lowest BCUT2D eigenvalue weighted by Crippen LogP contribution is -2.56. The highest BCUT2D eigenvalue weighted by Crippen LogP contribution is 2.25. The van der Waals surface area contributed by atoms with Crippen molar-refractivity contribution < 1.29 is 14.4 Å². The molecule has 0 radical (unpaired) electrons. The predicted molar refractivity (Wildman–Crippen MR) is 60.0 cm³/mol. The fourth-order valence-corrected chi connectivity index (χ4v) is 1.93. The molecule has 5 heteroatoms. The first-order valence-corrected chi connectivity index (χ1v) is 5.30. The van der Waals surface area contributed by atoms with Crippen LogP contribution in [-0.4, -0.2) is 17.8 Å². The van der Waals surface area contributed by atoms with Crippen molar-refractivity contribution in [3.8, 4) is 0 Å². The molecule has 2 N–H and O–H groups in total. The maximum Gasteiger partial charge on any atom is 0.328 e. The van der Waals surface area contributed by atoms with Gasteiger partial charge in [0.05, 0.1) is 0 Å². The van der Waals surface area contributed by atoms with Crippen LogP contribution in [0.3, 0.4) is 0 Å².